The number of hydrogen-bond acceptors (Lipinski definition) is 4. The van der Waals surface area contributed by atoms with Crippen LogP contribution in [0.25, 0.3) is 0 Å². The number of thiophene rings is 1. The fourth-order valence-electron chi connectivity index (χ4n) is 1.79. The molecule has 110 valence electrons. The molecule has 0 aliphatic rings. The number of rotatable bonds is 4. The molecular weight excluding hydrogens is 372 g/mol. The highest BCUT2D eigenvalue weighted by Gasteiger charge is 2.23. The first kappa shape index (κ1) is 16.2. The summed E-state index contributed by atoms with van der Waals surface area (Å²) in [6.07, 6.45) is 0. The van der Waals surface area contributed by atoms with Gasteiger partial charge in [-0.3, -0.25) is 0 Å². The van der Waals surface area contributed by atoms with E-state index in [1.165, 1.54) is 22.7 Å². The van der Waals surface area contributed by atoms with Crippen LogP contribution in [0.5, 0.6) is 0 Å². The van der Waals surface area contributed by atoms with E-state index in [0.29, 0.717) is 9.77 Å². The van der Waals surface area contributed by atoms with E-state index >= 15 is 0 Å². The van der Waals surface area contributed by atoms with E-state index < -0.39 is 10.0 Å². The largest absolute Gasteiger partial charge is 0.252 e. The molecule has 0 fully saturated rings. The second-order valence-corrected chi connectivity index (χ2v) is 9.24. The fraction of sp³-hybridized carbons (Fsp3) is 0.214. The summed E-state index contributed by atoms with van der Waals surface area (Å²) < 4.78 is 27.4. The Hall–Kier alpha value is -1.20. The van der Waals surface area contributed by atoms with Gasteiger partial charge >= 0.3 is 0 Å². The number of halogens is 1. The van der Waals surface area contributed by atoms with E-state index in [4.69, 9.17) is 5.26 Å². The number of aryl methyl sites for hydroxylation is 1. The minimum Gasteiger partial charge on any atom is -0.206 e. The van der Waals surface area contributed by atoms with Crippen molar-refractivity contribution in [1.29, 1.82) is 5.26 Å². The number of sulfonamides is 1. The maximum atomic E-state index is 12.5. The zero-order chi connectivity index (χ0) is 15.6. The van der Waals surface area contributed by atoms with Gasteiger partial charge in [0.1, 0.15) is 4.21 Å². The predicted molar refractivity (Wildman–Crippen MR) is 86.6 cm³/mol. The molecule has 7 heteroatoms. The highest BCUT2D eigenvalue weighted by atomic mass is 79.9. The molecule has 0 bridgehead atoms. The normalized spacial score (nSPS) is 11.6. The number of hydrogen-bond donors (Lipinski definition) is 0. The summed E-state index contributed by atoms with van der Waals surface area (Å²) in [5.74, 6) is 0. The van der Waals surface area contributed by atoms with Gasteiger partial charge in [-0.2, -0.15) is 9.57 Å². The molecule has 0 atom stereocenters. The molecule has 0 saturated heterocycles. The van der Waals surface area contributed by atoms with Gasteiger partial charge in [0.2, 0.25) is 0 Å². The molecule has 0 N–H and O–H groups in total. The molecule has 1 aromatic carbocycles. The Morgan fingerprint density at radius 1 is 1.38 bits per heavy atom. The molecule has 0 amide bonds. The quantitative estimate of drug-likeness (QED) is 0.809. The Bertz CT molecular complexity index is 787. The average molecular weight is 385 g/mol. The van der Waals surface area contributed by atoms with Gasteiger partial charge in [-0.05, 0) is 52.2 Å². The highest BCUT2D eigenvalue weighted by Crippen LogP contribution is 2.32. The predicted octanol–water partition coefficient (Wildman–Crippen LogP) is 3.51. The zero-order valence-corrected chi connectivity index (χ0v) is 14.7. The van der Waals surface area contributed by atoms with Crippen LogP contribution in [0.1, 0.15) is 16.7 Å². The van der Waals surface area contributed by atoms with E-state index in [9.17, 15) is 8.42 Å². The lowest BCUT2D eigenvalue weighted by Gasteiger charge is -2.16. The van der Waals surface area contributed by atoms with Crippen LogP contribution in [0.2, 0.25) is 0 Å². The molecule has 1 aromatic heterocycles. The summed E-state index contributed by atoms with van der Waals surface area (Å²) in [6, 6.07) is 10.7. The number of nitriles is 1. The van der Waals surface area contributed by atoms with Gasteiger partial charge in [0.15, 0.2) is 0 Å². The molecule has 0 unspecified atom stereocenters. The first-order chi connectivity index (χ1) is 9.84. The van der Waals surface area contributed by atoms with Crippen LogP contribution in [-0.2, 0) is 16.6 Å². The second-order valence-electron chi connectivity index (χ2n) is 4.60. The molecule has 21 heavy (non-hydrogen) atoms. The van der Waals surface area contributed by atoms with Crippen molar-refractivity contribution in [3.63, 3.8) is 0 Å². The zero-order valence-electron chi connectivity index (χ0n) is 11.5. The van der Waals surface area contributed by atoms with Crippen molar-refractivity contribution in [3.05, 3.63) is 50.8 Å². The van der Waals surface area contributed by atoms with Crippen LogP contribution in [0.3, 0.4) is 0 Å². The third-order valence-corrected chi connectivity index (χ3v) is 7.35. The van der Waals surface area contributed by atoms with Gasteiger partial charge in [-0.15, -0.1) is 11.3 Å². The second kappa shape index (κ2) is 6.28. The minimum absolute atomic E-state index is 0.229. The highest BCUT2D eigenvalue weighted by molar-refractivity contribution is 9.11. The lowest BCUT2D eigenvalue weighted by molar-refractivity contribution is 0.468. The van der Waals surface area contributed by atoms with Gasteiger partial charge in [-0.25, -0.2) is 8.42 Å². The summed E-state index contributed by atoms with van der Waals surface area (Å²) in [6.45, 7) is 2.09. The third-order valence-electron chi connectivity index (χ3n) is 2.96. The molecule has 2 rings (SSSR count). The Morgan fingerprint density at radius 3 is 2.67 bits per heavy atom. The Morgan fingerprint density at radius 2 is 2.10 bits per heavy atom. The summed E-state index contributed by atoms with van der Waals surface area (Å²) >= 11 is 4.55. The Kier molecular flexibility index (Phi) is 4.84. The number of benzene rings is 1. The van der Waals surface area contributed by atoms with Gasteiger partial charge < -0.3 is 0 Å². The van der Waals surface area contributed by atoms with Crippen LogP contribution >= 0.6 is 27.3 Å². The van der Waals surface area contributed by atoms with E-state index in [-0.39, 0.29) is 6.54 Å². The lowest BCUT2D eigenvalue weighted by Crippen LogP contribution is -2.25. The molecule has 0 radical (unpaired) electrons. The SMILES string of the molecule is Cc1cc(S(=O)(=O)N(C)Cc2cccc(C#N)c2)sc1Br. The summed E-state index contributed by atoms with van der Waals surface area (Å²) in [5, 5.41) is 8.88. The first-order valence-corrected chi connectivity index (χ1v) is 9.11. The van der Waals surface area contributed by atoms with Crippen molar-refractivity contribution in [1.82, 2.24) is 4.31 Å². The van der Waals surface area contributed by atoms with Crippen LogP contribution in [0.15, 0.2) is 38.3 Å². The van der Waals surface area contributed by atoms with Crippen molar-refractivity contribution in [2.45, 2.75) is 17.7 Å². The molecule has 2 aromatic rings. The van der Waals surface area contributed by atoms with E-state index in [1.54, 1.807) is 24.3 Å². The first-order valence-electron chi connectivity index (χ1n) is 6.06. The van der Waals surface area contributed by atoms with E-state index in [0.717, 1.165) is 14.9 Å². The van der Waals surface area contributed by atoms with Crippen molar-refractivity contribution >= 4 is 37.3 Å². The smallest absolute Gasteiger partial charge is 0.206 e. The molecule has 0 spiro atoms. The van der Waals surface area contributed by atoms with Crippen LogP contribution in [0, 0.1) is 18.3 Å². The van der Waals surface area contributed by atoms with Crippen LogP contribution < -0.4 is 0 Å². The maximum Gasteiger partial charge on any atom is 0.252 e. The standard InChI is InChI=1S/C14H13BrN2O2S2/c1-10-6-13(20-14(10)15)21(18,19)17(2)9-12-5-3-4-11(7-12)8-16/h3-7H,9H2,1-2H3. The number of nitrogens with zero attached hydrogens (tertiary/aromatic N) is 2. The van der Waals surface area contributed by atoms with Crippen molar-refractivity contribution in [3.8, 4) is 6.07 Å². The average Bonchev–Trinajstić information content (AvgIpc) is 2.79. The molecule has 0 aliphatic heterocycles. The lowest BCUT2D eigenvalue weighted by atomic mass is 10.1. The fourth-order valence-corrected chi connectivity index (χ4v) is 5.39. The van der Waals surface area contributed by atoms with Gasteiger partial charge in [0.25, 0.3) is 10.0 Å². The summed E-state index contributed by atoms with van der Waals surface area (Å²) in [5.41, 5.74) is 2.21. The Balaban J connectivity index is 2.26. The minimum atomic E-state index is -3.52. The van der Waals surface area contributed by atoms with Crippen molar-refractivity contribution in [2.24, 2.45) is 0 Å². The summed E-state index contributed by atoms with van der Waals surface area (Å²) in [4.78, 5) is 0. The third kappa shape index (κ3) is 3.52. The van der Waals surface area contributed by atoms with E-state index in [2.05, 4.69) is 15.9 Å². The molecular formula is C14H13BrN2O2S2. The monoisotopic (exact) mass is 384 g/mol. The topological polar surface area (TPSA) is 61.2 Å². The van der Waals surface area contributed by atoms with Crippen molar-refractivity contribution < 1.29 is 8.42 Å². The van der Waals surface area contributed by atoms with Crippen molar-refractivity contribution in [2.75, 3.05) is 7.05 Å². The molecule has 1 heterocycles. The molecule has 4 nitrogen and oxygen atoms in total. The van der Waals surface area contributed by atoms with Gasteiger partial charge in [0.05, 0.1) is 15.4 Å². The molecule has 0 aliphatic carbocycles. The van der Waals surface area contributed by atoms with Gasteiger partial charge in [0, 0.05) is 13.6 Å². The van der Waals surface area contributed by atoms with Gasteiger partial charge in [-0.1, -0.05) is 12.1 Å². The van der Waals surface area contributed by atoms with Crippen LogP contribution in [-0.4, -0.2) is 19.8 Å². The van der Waals surface area contributed by atoms with Crippen LogP contribution in [0.4, 0.5) is 0 Å². The maximum absolute atomic E-state index is 12.5. The Labute approximate surface area is 136 Å². The van der Waals surface area contributed by atoms with E-state index in [1.807, 2.05) is 19.1 Å². The summed E-state index contributed by atoms with van der Waals surface area (Å²) in [7, 11) is -1.98. The molecule has 0 saturated carbocycles.